The van der Waals surface area contributed by atoms with Gasteiger partial charge in [0.1, 0.15) is 5.75 Å². The number of ether oxygens (including phenoxy) is 1. The van der Waals surface area contributed by atoms with Crippen LogP contribution in [0.25, 0.3) is 0 Å². The Morgan fingerprint density at radius 2 is 2.29 bits per heavy atom. The number of aryl methyl sites for hydroxylation is 1. The van der Waals surface area contributed by atoms with Crippen molar-refractivity contribution in [1.82, 2.24) is 0 Å². The number of hydrogen-bond donors (Lipinski definition) is 1. The van der Waals surface area contributed by atoms with E-state index in [0.717, 1.165) is 16.9 Å². The lowest BCUT2D eigenvalue weighted by Crippen LogP contribution is -2.01. The van der Waals surface area contributed by atoms with Gasteiger partial charge in [-0.05, 0) is 12.5 Å². The van der Waals surface area contributed by atoms with Crippen LogP contribution in [-0.4, -0.2) is 11.7 Å². The molecule has 1 N–H and O–H groups in total. The fourth-order valence-corrected chi connectivity index (χ4v) is 1.26. The van der Waals surface area contributed by atoms with Gasteiger partial charge in [-0.25, -0.2) is 0 Å². The Morgan fingerprint density at radius 3 is 2.93 bits per heavy atom. The Labute approximate surface area is 84.5 Å². The van der Waals surface area contributed by atoms with E-state index in [4.69, 9.17) is 16.3 Å². The van der Waals surface area contributed by atoms with Gasteiger partial charge in [-0.1, -0.05) is 18.2 Å². The van der Waals surface area contributed by atoms with Crippen molar-refractivity contribution in [1.29, 1.82) is 0 Å². The van der Waals surface area contributed by atoms with Crippen molar-refractivity contribution in [2.24, 2.45) is 0 Å². The molecule has 0 unspecified atom stereocenters. The third-order valence-electron chi connectivity index (χ3n) is 1.96. The monoisotopic (exact) mass is 190 g/mol. The van der Waals surface area contributed by atoms with Gasteiger partial charge in [0.2, 0.25) is 0 Å². The van der Waals surface area contributed by atoms with Gasteiger partial charge in [-0.15, -0.1) is 12.3 Å². The van der Waals surface area contributed by atoms with Gasteiger partial charge in [0, 0.05) is 12.0 Å². The van der Waals surface area contributed by atoms with Gasteiger partial charge >= 0.3 is 0 Å². The maximum Gasteiger partial charge on any atom is 0.127 e. The van der Waals surface area contributed by atoms with Crippen molar-refractivity contribution in [2.45, 2.75) is 20.0 Å². The molecule has 2 nitrogen and oxygen atoms in total. The first kappa shape index (κ1) is 10.6. The lowest BCUT2D eigenvalue weighted by atomic mass is 10.1. The van der Waals surface area contributed by atoms with E-state index in [0.29, 0.717) is 13.0 Å². The van der Waals surface area contributed by atoms with Gasteiger partial charge < -0.3 is 9.84 Å². The number of rotatable bonds is 4. The van der Waals surface area contributed by atoms with Crippen molar-refractivity contribution in [2.75, 3.05) is 6.61 Å². The lowest BCUT2D eigenvalue weighted by molar-refractivity contribution is 0.264. The van der Waals surface area contributed by atoms with Gasteiger partial charge in [0.25, 0.3) is 0 Å². The molecule has 0 spiro atoms. The molecule has 0 fully saturated rings. The van der Waals surface area contributed by atoms with Crippen LogP contribution in [0.15, 0.2) is 18.2 Å². The maximum absolute atomic E-state index is 9.08. The normalized spacial score (nSPS) is 9.50. The second-order valence-electron chi connectivity index (χ2n) is 3.02. The van der Waals surface area contributed by atoms with Crippen LogP contribution in [0.3, 0.4) is 0 Å². The summed E-state index contributed by atoms with van der Waals surface area (Å²) in [6.07, 6.45) is 5.70. The molecule has 2 heteroatoms. The highest BCUT2D eigenvalue weighted by Gasteiger charge is 2.04. The number of aliphatic hydroxyl groups is 1. The van der Waals surface area contributed by atoms with E-state index in [1.807, 2.05) is 25.1 Å². The summed E-state index contributed by atoms with van der Waals surface area (Å²) in [6, 6.07) is 5.69. The zero-order chi connectivity index (χ0) is 10.4. The number of para-hydroxylation sites is 1. The third-order valence-corrected chi connectivity index (χ3v) is 1.96. The van der Waals surface area contributed by atoms with Crippen molar-refractivity contribution in [3.63, 3.8) is 0 Å². The minimum atomic E-state index is -0.00688. The number of hydrogen-bond acceptors (Lipinski definition) is 2. The van der Waals surface area contributed by atoms with Gasteiger partial charge in [-0.3, -0.25) is 0 Å². The third kappa shape index (κ3) is 2.51. The minimum Gasteiger partial charge on any atom is -0.492 e. The molecule has 74 valence electrons. The van der Waals surface area contributed by atoms with Crippen LogP contribution in [0.4, 0.5) is 0 Å². The van der Waals surface area contributed by atoms with Crippen molar-refractivity contribution in [3.8, 4) is 18.1 Å². The molecule has 1 aromatic rings. The molecule has 0 aliphatic heterocycles. The molecule has 0 radical (unpaired) electrons. The summed E-state index contributed by atoms with van der Waals surface area (Å²) in [6.45, 7) is 2.44. The van der Waals surface area contributed by atoms with Gasteiger partial charge in [0.15, 0.2) is 0 Å². The molecule has 14 heavy (non-hydrogen) atoms. The van der Waals surface area contributed by atoms with Crippen molar-refractivity contribution >= 4 is 0 Å². The summed E-state index contributed by atoms with van der Waals surface area (Å²) in [4.78, 5) is 0. The standard InChI is InChI=1S/C12H14O2/c1-3-4-8-14-12-10(2)6-5-7-11(12)9-13/h1,5-7,13H,4,8-9H2,2H3. The smallest absolute Gasteiger partial charge is 0.127 e. The largest absolute Gasteiger partial charge is 0.492 e. The summed E-state index contributed by atoms with van der Waals surface area (Å²) in [5.74, 6) is 3.26. The van der Waals surface area contributed by atoms with E-state index >= 15 is 0 Å². The van der Waals surface area contributed by atoms with Crippen LogP contribution < -0.4 is 4.74 Å². The van der Waals surface area contributed by atoms with E-state index < -0.39 is 0 Å². The fourth-order valence-electron chi connectivity index (χ4n) is 1.26. The van der Waals surface area contributed by atoms with Crippen LogP contribution in [0, 0.1) is 19.3 Å². The molecule has 0 atom stereocenters. The first-order chi connectivity index (χ1) is 6.79. The molecule has 0 saturated heterocycles. The van der Waals surface area contributed by atoms with E-state index in [9.17, 15) is 0 Å². The molecule has 0 bridgehead atoms. The van der Waals surface area contributed by atoms with Crippen LogP contribution >= 0.6 is 0 Å². The predicted octanol–water partition coefficient (Wildman–Crippen LogP) is 1.89. The van der Waals surface area contributed by atoms with E-state index in [-0.39, 0.29) is 6.61 Å². The number of terminal acetylenes is 1. The first-order valence-corrected chi connectivity index (χ1v) is 4.55. The molecule has 0 saturated carbocycles. The number of aliphatic hydroxyl groups excluding tert-OH is 1. The predicted molar refractivity (Wildman–Crippen MR) is 56.0 cm³/mol. The van der Waals surface area contributed by atoms with E-state index in [1.54, 1.807) is 0 Å². The Morgan fingerprint density at radius 1 is 1.50 bits per heavy atom. The summed E-state index contributed by atoms with van der Waals surface area (Å²) in [7, 11) is 0. The average molecular weight is 190 g/mol. The summed E-state index contributed by atoms with van der Waals surface area (Å²) in [5, 5.41) is 9.08. The molecule has 0 amide bonds. The summed E-state index contributed by atoms with van der Waals surface area (Å²) < 4.78 is 5.50. The second kappa shape index (κ2) is 5.31. The molecule has 0 aliphatic rings. The molecule has 0 aliphatic carbocycles. The molecule has 1 aromatic carbocycles. The number of benzene rings is 1. The first-order valence-electron chi connectivity index (χ1n) is 4.55. The zero-order valence-corrected chi connectivity index (χ0v) is 8.29. The van der Waals surface area contributed by atoms with Crippen molar-refractivity contribution < 1.29 is 9.84 Å². The highest BCUT2D eigenvalue weighted by molar-refractivity contribution is 5.40. The van der Waals surface area contributed by atoms with Crippen LogP contribution in [0.5, 0.6) is 5.75 Å². The summed E-state index contributed by atoms with van der Waals surface area (Å²) >= 11 is 0. The molecular formula is C12H14O2. The Bertz CT molecular complexity index is 337. The van der Waals surface area contributed by atoms with Crippen LogP contribution in [0.2, 0.25) is 0 Å². The van der Waals surface area contributed by atoms with E-state index in [1.165, 1.54) is 0 Å². The molecule has 0 heterocycles. The fraction of sp³-hybridized carbons (Fsp3) is 0.333. The Kier molecular flexibility index (Phi) is 4.03. The molecule has 0 aromatic heterocycles. The quantitative estimate of drug-likeness (QED) is 0.580. The van der Waals surface area contributed by atoms with Gasteiger partial charge in [0.05, 0.1) is 13.2 Å². The molecule has 1 rings (SSSR count). The van der Waals surface area contributed by atoms with E-state index in [2.05, 4.69) is 5.92 Å². The minimum absolute atomic E-state index is 0.00688. The average Bonchev–Trinajstić information content (AvgIpc) is 2.20. The topological polar surface area (TPSA) is 29.5 Å². The second-order valence-corrected chi connectivity index (χ2v) is 3.02. The zero-order valence-electron chi connectivity index (χ0n) is 8.29. The summed E-state index contributed by atoms with van der Waals surface area (Å²) in [5.41, 5.74) is 1.83. The maximum atomic E-state index is 9.08. The van der Waals surface area contributed by atoms with Gasteiger partial charge in [-0.2, -0.15) is 0 Å². The lowest BCUT2D eigenvalue weighted by Gasteiger charge is -2.11. The SMILES string of the molecule is C#CCCOc1c(C)cccc1CO. The Balaban J connectivity index is 2.78. The molecular weight excluding hydrogens is 176 g/mol. The van der Waals surface area contributed by atoms with Crippen molar-refractivity contribution in [3.05, 3.63) is 29.3 Å². The highest BCUT2D eigenvalue weighted by Crippen LogP contribution is 2.23. The van der Waals surface area contributed by atoms with Crippen LogP contribution in [-0.2, 0) is 6.61 Å². The Hall–Kier alpha value is -1.46. The van der Waals surface area contributed by atoms with Crippen LogP contribution in [0.1, 0.15) is 17.5 Å². The highest BCUT2D eigenvalue weighted by atomic mass is 16.5.